The zero-order valence-electron chi connectivity index (χ0n) is 16.1. The van der Waals surface area contributed by atoms with Crippen molar-refractivity contribution in [3.8, 4) is 11.5 Å². The standard InChI is InChI=1S/C20H23N3O3S/c1-13-6-8-17(9-7-13)20-22-21-18(26-20)12-23(5)27(24,25)19-15(3)10-14(2)11-16(19)4/h6-11H,12H2,1-5H3. The van der Waals surface area contributed by atoms with Gasteiger partial charge >= 0.3 is 0 Å². The third kappa shape index (κ3) is 3.94. The molecule has 142 valence electrons. The average Bonchev–Trinajstić information content (AvgIpc) is 3.02. The fourth-order valence-electron chi connectivity index (χ4n) is 3.14. The zero-order chi connectivity index (χ0) is 19.8. The van der Waals surface area contributed by atoms with Crippen LogP contribution in [0.4, 0.5) is 0 Å². The lowest BCUT2D eigenvalue weighted by molar-refractivity contribution is 0.399. The van der Waals surface area contributed by atoms with Crippen molar-refractivity contribution in [3.63, 3.8) is 0 Å². The molecule has 0 spiro atoms. The second-order valence-corrected chi connectivity index (χ2v) is 8.84. The number of rotatable bonds is 5. The summed E-state index contributed by atoms with van der Waals surface area (Å²) in [6, 6.07) is 11.4. The lowest BCUT2D eigenvalue weighted by atomic mass is 10.1. The maximum absolute atomic E-state index is 13.0. The molecule has 3 aromatic rings. The van der Waals surface area contributed by atoms with E-state index in [4.69, 9.17) is 4.42 Å². The fraction of sp³-hybridized carbons (Fsp3) is 0.300. The molecule has 0 saturated heterocycles. The molecule has 0 aliphatic carbocycles. The monoisotopic (exact) mass is 385 g/mol. The van der Waals surface area contributed by atoms with Gasteiger partial charge in [-0.2, -0.15) is 4.31 Å². The summed E-state index contributed by atoms with van der Waals surface area (Å²) >= 11 is 0. The average molecular weight is 385 g/mol. The first-order valence-electron chi connectivity index (χ1n) is 8.62. The number of nitrogens with zero attached hydrogens (tertiary/aromatic N) is 3. The lowest BCUT2D eigenvalue weighted by Crippen LogP contribution is -2.28. The Labute approximate surface area is 159 Å². The fourth-order valence-corrected chi connectivity index (χ4v) is 4.66. The van der Waals surface area contributed by atoms with Crippen molar-refractivity contribution in [1.82, 2.24) is 14.5 Å². The minimum Gasteiger partial charge on any atom is -0.419 e. The van der Waals surface area contributed by atoms with E-state index in [9.17, 15) is 8.42 Å². The van der Waals surface area contributed by atoms with Gasteiger partial charge in [-0.3, -0.25) is 0 Å². The Morgan fingerprint density at radius 1 is 0.926 bits per heavy atom. The van der Waals surface area contributed by atoms with E-state index in [1.165, 1.54) is 11.4 Å². The summed E-state index contributed by atoms with van der Waals surface area (Å²) in [5.74, 6) is 0.623. The second kappa shape index (κ2) is 7.25. The predicted molar refractivity (Wildman–Crippen MR) is 104 cm³/mol. The van der Waals surface area contributed by atoms with Crippen LogP contribution in [-0.2, 0) is 16.6 Å². The van der Waals surface area contributed by atoms with Crippen LogP contribution in [0.1, 0.15) is 28.1 Å². The molecule has 6 nitrogen and oxygen atoms in total. The van der Waals surface area contributed by atoms with Crippen LogP contribution < -0.4 is 0 Å². The van der Waals surface area contributed by atoms with Gasteiger partial charge in [0.2, 0.25) is 21.8 Å². The molecule has 27 heavy (non-hydrogen) atoms. The Hall–Kier alpha value is -2.51. The third-order valence-electron chi connectivity index (χ3n) is 4.40. The number of sulfonamides is 1. The molecule has 1 aromatic heterocycles. The Bertz CT molecular complexity index is 1050. The molecule has 0 N–H and O–H groups in total. The molecule has 0 unspecified atom stereocenters. The first kappa shape index (κ1) is 19.3. The van der Waals surface area contributed by atoms with E-state index in [1.807, 2.05) is 64.1 Å². The van der Waals surface area contributed by atoms with Crippen LogP contribution in [-0.4, -0.2) is 30.0 Å². The maximum Gasteiger partial charge on any atom is 0.247 e. The minimum absolute atomic E-state index is 0.00789. The van der Waals surface area contributed by atoms with E-state index in [-0.39, 0.29) is 12.4 Å². The molecule has 0 atom stereocenters. The predicted octanol–water partition coefficient (Wildman–Crippen LogP) is 3.79. The van der Waals surface area contributed by atoms with Gasteiger partial charge in [-0.05, 0) is 51.0 Å². The van der Waals surface area contributed by atoms with Crippen LogP contribution in [0.5, 0.6) is 0 Å². The van der Waals surface area contributed by atoms with Crippen molar-refractivity contribution in [2.75, 3.05) is 7.05 Å². The smallest absolute Gasteiger partial charge is 0.247 e. The minimum atomic E-state index is -3.67. The highest BCUT2D eigenvalue weighted by Crippen LogP contribution is 2.26. The maximum atomic E-state index is 13.0. The molecule has 0 saturated carbocycles. The van der Waals surface area contributed by atoms with Crippen molar-refractivity contribution in [2.24, 2.45) is 0 Å². The Kier molecular flexibility index (Phi) is 5.17. The van der Waals surface area contributed by atoms with Crippen LogP contribution in [0.3, 0.4) is 0 Å². The van der Waals surface area contributed by atoms with Gasteiger partial charge in [-0.1, -0.05) is 35.4 Å². The van der Waals surface area contributed by atoms with Gasteiger partial charge in [0.1, 0.15) is 0 Å². The quantitative estimate of drug-likeness (QED) is 0.668. The summed E-state index contributed by atoms with van der Waals surface area (Å²) in [6.45, 7) is 7.57. The number of aryl methyl sites for hydroxylation is 4. The molecule has 0 bridgehead atoms. The molecular weight excluding hydrogens is 362 g/mol. The first-order valence-corrected chi connectivity index (χ1v) is 10.1. The SMILES string of the molecule is Cc1ccc(-c2nnc(CN(C)S(=O)(=O)c3c(C)cc(C)cc3C)o2)cc1. The van der Waals surface area contributed by atoms with Crippen molar-refractivity contribution < 1.29 is 12.8 Å². The largest absolute Gasteiger partial charge is 0.419 e. The van der Waals surface area contributed by atoms with E-state index in [2.05, 4.69) is 10.2 Å². The highest BCUT2D eigenvalue weighted by molar-refractivity contribution is 7.89. The van der Waals surface area contributed by atoms with Crippen LogP contribution >= 0.6 is 0 Å². The van der Waals surface area contributed by atoms with Gasteiger partial charge in [0.05, 0.1) is 11.4 Å². The highest BCUT2D eigenvalue weighted by Gasteiger charge is 2.26. The van der Waals surface area contributed by atoms with Crippen molar-refractivity contribution in [2.45, 2.75) is 39.1 Å². The van der Waals surface area contributed by atoms with Crippen LogP contribution in [0, 0.1) is 27.7 Å². The second-order valence-electron chi connectivity index (χ2n) is 6.86. The topological polar surface area (TPSA) is 76.3 Å². The highest BCUT2D eigenvalue weighted by atomic mass is 32.2. The van der Waals surface area contributed by atoms with Gasteiger partial charge in [0.15, 0.2) is 0 Å². The van der Waals surface area contributed by atoms with Gasteiger partial charge in [-0.15, -0.1) is 10.2 Å². The van der Waals surface area contributed by atoms with Gasteiger partial charge in [-0.25, -0.2) is 8.42 Å². The summed E-state index contributed by atoms with van der Waals surface area (Å²) in [6.07, 6.45) is 0. The Morgan fingerprint density at radius 2 is 1.52 bits per heavy atom. The van der Waals surface area contributed by atoms with Crippen molar-refractivity contribution >= 4 is 10.0 Å². The zero-order valence-corrected chi connectivity index (χ0v) is 17.0. The molecule has 0 aliphatic rings. The summed E-state index contributed by atoms with van der Waals surface area (Å²) in [4.78, 5) is 0.328. The number of hydrogen-bond acceptors (Lipinski definition) is 5. The summed E-state index contributed by atoms with van der Waals surface area (Å²) in [7, 11) is -2.15. The summed E-state index contributed by atoms with van der Waals surface area (Å²) in [5.41, 5.74) is 4.42. The number of benzene rings is 2. The Morgan fingerprint density at radius 3 is 2.11 bits per heavy atom. The van der Waals surface area contributed by atoms with Crippen molar-refractivity contribution in [3.05, 3.63) is 64.5 Å². The van der Waals surface area contributed by atoms with E-state index in [0.29, 0.717) is 10.8 Å². The van der Waals surface area contributed by atoms with Gasteiger partial charge in [0, 0.05) is 12.6 Å². The molecular formula is C20H23N3O3S. The third-order valence-corrected chi connectivity index (χ3v) is 6.51. The van der Waals surface area contributed by atoms with Crippen LogP contribution in [0.15, 0.2) is 45.7 Å². The Balaban J connectivity index is 1.85. The molecule has 3 rings (SSSR count). The molecule has 7 heteroatoms. The first-order chi connectivity index (χ1) is 12.7. The van der Waals surface area contributed by atoms with Gasteiger partial charge in [0.25, 0.3) is 0 Å². The molecule has 0 radical (unpaired) electrons. The molecule has 0 amide bonds. The van der Waals surface area contributed by atoms with E-state index in [1.54, 1.807) is 0 Å². The van der Waals surface area contributed by atoms with Crippen LogP contribution in [0.25, 0.3) is 11.5 Å². The summed E-state index contributed by atoms with van der Waals surface area (Å²) < 4.78 is 33.0. The lowest BCUT2D eigenvalue weighted by Gasteiger charge is -2.19. The van der Waals surface area contributed by atoms with Crippen molar-refractivity contribution in [1.29, 1.82) is 0 Å². The molecule has 2 aromatic carbocycles. The molecule has 1 heterocycles. The molecule has 0 fully saturated rings. The van der Waals surface area contributed by atoms with Crippen LogP contribution in [0.2, 0.25) is 0 Å². The van der Waals surface area contributed by atoms with E-state index >= 15 is 0 Å². The summed E-state index contributed by atoms with van der Waals surface area (Å²) in [5, 5.41) is 8.03. The number of aromatic nitrogens is 2. The van der Waals surface area contributed by atoms with E-state index < -0.39 is 10.0 Å². The normalized spacial score (nSPS) is 11.9. The number of hydrogen-bond donors (Lipinski definition) is 0. The molecule has 0 aliphatic heterocycles. The van der Waals surface area contributed by atoms with Gasteiger partial charge < -0.3 is 4.42 Å². The van der Waals surface area contributed by atoms with E-state index in [0.717, 1.165) is 27.8 Å².